The van der Waals surface area contributed by atoms with Crippen LogP contribution in [-0.4, -0.2) is 25.3 Å². The van der Waals surface area contributed by atoms with Gasteiger partial charge in [0.25, 0.3) is 15.9 Å². The van der Waals surface area contributed by atoms with Crippen LogP contribution in [0.2, 0.25) is 2.82 Å². The van der Waals surface area contributed by atoms with Gasteiger partial charge in [-0.25, -0.2) is 13.1 Å². The summed E-state index contributed by atoms with van der Waals surface area (Å²) in [5.41, 5.74) is -1.10. The summed E-state index contributed by atoms with van der Waals surface area (Å²) in [6.45, 7) is 2.50. The van der Waals surface area contributed by atoms with Gasteiger partial charge in [0.05, 0.1) is 14.1 Å². The third kappa shape index (κ3) is 4.14. The first-order valence-corrected chi connectivity index (χ1v) is 10.8. The van der Waals surface area contributed by atoms with Crippen LogP contribution in [0.3, 0.4) is 0 Å². The Hall–Kier alpha value is -2.98. The SMILES string of the molecule is [2H]c1c(C)c([2H])c(C(C)=O)c(N([2H])C(=O)c2sccc2S(=O)(=O)N([2H])c2onc(C([2H])([2H])[2H])c2C)c1C. The summed E-state index contributed by atoms with van der Waals surface area (Å²) in [7, 11) is -4.83. The van der Waals surface area contributed by atoms with Crippen LogP contribution in [0.4, 0.5) is 11.6 Å². The molecule has 10 heteroatoms. The number of carbonyl (C=O) groups is 2. The van der Waals surface area contributed by atoms with Gasteiger partial charge in [0.15, 0.2) is 8.61 Å². The Balaban J connectivity index is 2.11. The number of hydrogen-bond donors (Lipinski definition) is 2. The summed E-state index contributed by atoms with van der Waals surface area (Å²) in [6.07, 6.45) is 0. The second-order valence-corrected chi connectivity index (χ2v) is 8.83. The molecule has 3 rings (SSSR count). The number of sulfonamides is 1. The average Bonchev–Trinajstić information content (AvgIpc) is 3.45. The predicted molar refractivity (Wildman–Crippen MR) is 115 cm³/mol. The van der Waals surface area contributed by atoms with Crippen molar-refractivity contribution in [3.63, 3.8) is 0 Å². The van der Waals surface area contributed by atoms with Crippen LogP contribution >= 0.6 is 11.3 Å². The first-order valence-electron chi connectivity index (χ1n) is 11.9. The zero-order chi connectivity index (χ0) is 28.2. The van der Waals surface area contributed by atoms with Gasteiger partial charge in [0, 0.05) is 15.2 Å². The van der Waals surface area contributed by atoms with Gasteiger partial charge in [-0.3, -0.25) is 9.59 Å². The van der Waals surface area contributed by atoms with Crippen molar-refractivity contribution in [3.8, 4) is 0 Å². The highest BCUT2D eigenvalue weighted by Crippen LogP contribution is 2.29. The summed E-state index contributed by atoms with van der Waals surface area (Å²) in [6, 6.07) is 0.543. The molecule has 0 radical (unpaired) electrons. The summed E-state index contributed by atoms with van der Waals surface area (Å²) >= 11 is 0.650. The maximum absolute atomic E-state index is 13.3. The molecule has 1 aromatic carbocycles. The fourth-order valence-corrected chi connectivity index (χ4v) is 4.85. The Morgan fingerprint density at radius 2 is 2.03 bits per heavy atom. The van der Waals surface area contributed by atoms with E-state index in [4.69, 9.17) is 14.2 Å². The fourth-order valence-electron chi connectivity index (χ4n) is 2.58. The molecular weight excluding hydrogens is 426 g/mol. The molecule has 3 aromatic rings. The van der Waals surface area contributed by atoms with Crippen molar-refractivity contribution in [2.75, 3.05) is 10.0 Å². The number of amides is 1. The van der Waals surface area contributed by atoms with Crippen molar-refractivity contribution >= 4 is 44.6 Å². The van der Waals surface area contributed by atoms with Gasteiger partial charge in [-0.05, 0) is 63.2 Å². The zero-order valence-electron chi connectivity index (χ0n) is 23.4. The number of nitrogens with one attached hydrogen (secondary N) is 2. The van der Waals surface area contributed by atoms with Crippen molar-refractivity contribution in [2.24, 2.45) is 0 Å². The van der Waals surface area contributed by atoms with Crippen LogP contribution < -0.4 is 10.0 Å². The number of benzene rings is 1. The Labute approximate surface area is 188 Å². The standard InChI is InChI=1S/C20H21N3O5S2/c1-10-8-11(2)17(15(9-10)14(5)24)21-19(25)18-16(6-7-29-18)30(26,27)23-20-12(3)13(4)22-28-20/h6-9,23H,1-5H3,(H,21,25)/i4D3,8D,9D/hD2. The Kier molecular flexibility index (Phi) is 3.78. The number of aromatic nitrogens is 1. The molecule has 158 valence electrons. The molecule has 8 nitrogen and oxygen atoms in total. The molecule has 0 bridgehead atoms. The van der Waals surface area contributed by atoms with Crippen molar-refractivity contribution in [1.82, 2.24) is 5.16 Å². The minimum atomic E-state index is -4.83. The van der Waals surface area contributed by atoms with E-state index < -0.39 is 49.9 Å². The van der Waals surface area contributed by atoms with Gasteiger partial charge >= 0.3 is 0 Å². The van der Waals surface area contributed by atoms with E-state index in [1.165, 1.54) is 26.2 Å². The minimum absolute atomic E-state index is 0.0691. The summed E-state index contributed by atoms with van der Waals surface area (Å²) in [4.78, 5) is 24.5. The van der Waals surface area contributed by atoms with Gasteiger partial charge in [0.2, 0.25) is 5.88 Å². The third-order valence-corrected chi connectivity index (χ3v) is 6.38. The van der Waals surface area contributed by atoms with Crippen LogP contribution in [0, 0.1) is 27.6 Å². The van der Waals surface area contributed by atoms with Crippen molar-refractivity contribution in [3.05, 3.63) is 56.4 Å². The first kappa shape index (κ1) is 14.1. The summed E-state index contributed by atoms with van der Waals surface area (Å²) in [5, 5.41) is 4.85. The minimum Gasteiger partial charge on any atom is -0.337 e. The molecule has 0 saturated heterocycles. The molecule has 2 aromatic heterocycles. The van der Waals surface area contributed by atoms with Gasteiger partial charge in [0.1, 0.15) is 9.77 Å². The molecular formula is C20H21N3O5S2. The number of ketones is 1. The number of carbonyl (C=O) groups excluding carboxylic acids is 2. The van der Waals surface area contributed by atoms with Crippen molar-refractivity contribution in [1.29, 1.82) is 0 Å². The molecule has 0 spiro atoms. The lowest BCUT2D eigenvalue weighted by Gasteiger charge is -2.14. The molecule has 30 heavy (non-hydrogen) atoms. The number of nitrogens with zero attached hydrogens (tertiary/aromatic N) is 1. The van der Waals surface area contributed by atoms with E-state index in [0.29, 0.717) is 11.3 Å². The summed E-state index contributed by atoms with van der Waals surface area (Å²) < 4.78 is 86.6. The summed E-state index contributed by atoms with van der Waals surface area (Å²) in [5.74, 6) is -2.50. The van der Waals surface area contributed by atoms with Crippen LogP contribution in [0.25, 0.3) is 0 Å². The number of Topliss-reactive ketones (excluding diaryl/α,β-unsaturated/α-hetero) is 1. The molecule has 0 unspecified atom stereocenters. The highest BCUT2D eigenvalue weighted by Gasteiger charge is 2.27. The quantitative estimate of drug-likeness (QED) is 0.538. The predicted octanol–water partition coefficient (Wildman–Crippen LogP) is 4.23. The van der Waals surface area contributed by atoms with E-state index in [1.54, 1.807) is 0 Å². The van der Waals surface area contributed by atoms with E-state index in [1.807, 2.05) is 0 Å². The number of anilines is 2. The van der Waals surface area contributed by atoms with Gasteiger partial charge in [-0.2, -0.15) is 0 Å². The lowest BCUT2D eigenvalue weighted by atomic mass is 10.0. The van der Waals surface area contributed by atoms with E-state index in [-0.39, 0.29) is 50.1 Å². The van der Waals surface area contributed by atoms with Gasteiger partial charge in [-0.1, -0.05) is 11.2 Å². The second kappa shape index (κ2) is 8.04. The monoisotopic (exact) mass is 454 g/mol. The number of thiophene rings is 1. The molecule has 0 aliphatic rings. The fraction of sp³-hybridized carbons (Fsp3) is 0.250. The van der Waals surface area contributed by atoms with Crippen LogP contribution in [0.15, 0.2) is 32.9 Å². The Morgan fingerprint density at radius 1 is 1.30 bits per heavy atom. The zero-order valence-corrected chi connectivity index (χ0v) is 18.0. The Bertz CT molecular complexity index is 1530. The van der Waals surface area contributed by atoms with E-state index in [2.05, 4.69) is 5.16 Å². The van der Waals surface area contributed by atoms with Crippen molar-refractivity contribution < 1.29 is 32.2 Å². The Morgan fingerprint density at radius 3 is 2.67 bits per heavy atom. The molecule has 2 heterocycles. The van der Waals surface area contributed by atoms with Gasteiger partial charge in [-0.15, -0.1) is 11.3 Å². The lowest BCUT2D eigenvalue weighted by molar-refractivity contribution is 0.101. The van der Waals surface area contributed by atoms with E-state index in [0.717, 1.165) is 13.0 Å². The molecule has 0 aliphatic carbocycles. The smallest absolute Gasteiger partial charge is 0.267 e. The first-order chi connectivity index (χ1) is 16.9. The molecule has 2 N–H and O–H groups in total. The average molecular weight is 455 g/mol. The topological polar surface area (TPSA) is 118 Å². The molecule has 1 amide bonds. The van der Waals surface area contributed by atoms with E-state index in [9.17, 15) is 18.0 Å². The molecule has 0 saturated carbocycles. The van der Waals surface area contributed by atoms with Crippen LogP contribution in [0.1, 0.15) is 56.2 Å². The van der Waals surface area contributed by atoms with E-state index >= 15 is 0 Å². The number of hydrogen-bond acceptors (Lipinski definition) is 7. The third-order valence-electron chi connectivity index (χ3n) is 4.05. The molecule has 0 aliphatic heterocycles. The maximum atomic E-state index is 13.3. The van der Waals surface area contributed by atoms with Crippen LogP contribution in [-0.2, 0) is 10.0 Å². The number of aryl methyl sites for hydroxylation is 1. The second-order valence-electron chi connectivity index (χ2n) is 6.34. The molecule has 0 fully saturated rings. The van der Waals surface area contributed by atoms with Gasteiger partial charge < -0.3 is 9.83 Å². The highest BCUT2D eigenvalue weighted by atomic mass is 32.2. The normalized spacial score (nSPS) is 15.1. The highest BCUT2D eigenvalue weighted by molar-refractivity contribution is 7.93. The largest absolute Gasteiger partial charge is 0.337 e. The van der Waals surface area contributed by atoms with Crippen molar-refractivity contribution in [2.45, 2.75) is 39.4 Å². The number of rotatable bonds is 6. The van der Waals surface area contributed by atoms with Crippen LogP contribution in [0.5, 0.6) is 0 Å². The maximum Gasteiger partial charge on any atom is 0.267 e. The lowest BCUT2D eigenvalue weighted by Crippen LogP contribution is -2.20. The molecule has 0 atom stereocenters.